The van der Waals surface area contributed by atoms with Gasteiger partial charge in [0.2, 0.25) is 0 Å². The van der Waals surface area contributed by atoms with Crippen molar-refractivity contribution in [2.75, 3.05) is 18.1 Å². The predicted molar refractivity (Wildman–Crippen MR) is 79.9 cm³/mol. The molecule has 1 aliphatic rings. The Labute approximate surface area is 132 Å². The van der Waals surface area contributed by atoms with Gasteiger partial charge in [-0.15, -0.1) is 0 Å². The molecule has 0 spiro atoms. The van der Waals surface area contributed by atoms with Gasteiger partial charge < -0.3 is 18.9 Å². The minimum atomic E-state index is -0.401. The van der Waals surface area contributed by atoms with Crippen molar-refractivity contribution in [2.45, 2.75) is 20.0 Å². The molecule has 0 unspecified atom stereocenters. The van der Waals surface area contributed by atoms with Crippen LogP contribution < -0.4 is 9.64 Å². The molecule has 0 N–H and O–H groups in total. The number of aromatic nitrogens is 1. The summed E-state index contributed by atoms with van der Waals surface area (Å²) in [7, 11) is 0. The summed E-state index contributed by atoms with van der Waals surface area (Å²) >= 11 is 0. The fraction of sp³-hybridized carbons (Fsp3) is 0.312. The summed E-state index contributed by atoms with van der Waals surface area (Å²) in [4.78, 5) is 25.4. The van der Waals surface area contributed by atoms with Crippen molar-refractivity contribution in [1.82, 2.24) is 5.16 Å². The van der Waals surface area contributed by atoms with Gasteiger partial charge in [0.15, 0.2) is 6.61 Å². The first-order valence-corrected chi connectivity index (χ1v) is 7.23. The number of aryl methyl sites for hydroxylation is 1. The van der Waals surface area contributed by atoms with Crippen LogP contribution >= 0.6 is 0 Å². The highest BCUT2D eigenvalue weighted by Crippen LogP contribution is 2.31. The summed E-state index contributed by atoms with van der Waals surface area (Å²) < 4.78 is 15.4. The molecule has 0 atom stereocenters. The molecule has 0 aliphatic carbocycles. The number of esters is 1. The van der Waals surface area contributed by atoms with Crippen LogP contribution in [-0.2, 0) is 20.9 Å². The number of anilines is 1. The van der Waals surface area contributed by atoms with Crippen molar-refractivity contribution in [1.29, 1.82) is 0 Å². The molecule has 0 saturated carbocycles. The number of carbonyl (C=O) groups is 2. The van der Waals surface area contributed by atoms with Crippen molar-refractivity contribution < 1.29 is 23.6 Å². The topological polar surface area (TPSA) is 81.9 Å². The zero-order valence-corrected chi connectivity index (χ0v) is 12.7. The molecule has 7 heteroatoms. The lowest BCUT2D eigenvalue weighted by Gasteiger charge is -2.28. The third-order valence-electron chi connectivity index (χ3n) is 3.41. The van der Waals surface area contributed by atoms with Crippen LogP contribution in [0.3, 0.4) is 0 Å². The number of fused-ring (bicyclic) bond motifs is 1. The maximum atomic E-state index is 12.0. The molecule has 0 bridgehead atoms. The van der Waals surface area contributed by atoms with E-state index in [9.17, 15) is 9.59 Å². The summed E-state index contributed by atoms with van der Waals surface area (Å²) in [6.45, 7) is 2.05. The molecule has 7 nitrogen and oxygen atoms in total. The Balaban J connectivity index is 1.55. The molecule has 3 rings (SSSR count). The summed E-state index contributed by atoms with van der Waals surface area (Å²) in [5, 5.41) is 3.75. The van der Waals surface area contributed by atoms with E-state index in [1.807, 2.05) is 12.1 Å². The van der Waals surface area contributed by atoms with Gasteiger partial charge in [-0.1, -0.05) is 17.3 Å². The van der Waals surface area contributed by atoms with Gasteiger partial charge >= 0.3 is 5.97 Å². The summed E-state index contributed by atoms with van der Waals surface area (Å²) in [6, 6.07) is 8.94. The van der Waals surface area contributed by atoms with E-state index in [0.717, 1.165) is 0 Å². The molecular formula is C16H16N2O5. The fourth-order valence-electron chi connectivity index (χ4n) is 2.31. The Morgan fingerprint density at radius 2 is 2.22 bits per heavy atom. The number of carbonyl (C=O) groups excluding carboxylic acids is 2. The molecule has 1 amide bonds. The average molecular weight is 316 g/mol. The van der Waals surface area contributed by atoms with Gasteiger partial charge in [0.05, 0.1) is 12.1 Å². The van der Waals surface area contributed by atoms with Gasteiger partial charge in [-0.2, -0.15) is 0 Å². The Morgan fingerprint density at radius 1 is 1.39 bits per heavy atom. The molecule has 0 fully saturated rings. The molecule has 0 radical (unpaired) electrons. The molecule has 1 aromatic heterocycles. The third kappa shape index (κ3) is 3.50. The lowest BCUT2D eigenvalue weighted by Crippen LogP contribution is -2.40. The Hall–Kier alpha value is -2.83. The second-order valence-electron chi connectivity index (χ2n) is 5.14. The SMILES string of the molecule is Cc1cc(COC(=O)CCN2C(=O)COc3ccccc32)no1. The number of ether oxygens (including phenoxy) is 2. The highest BCUT2D eigenvalue weighted by Gasteiger charge is 2.25. The first-order valence-electron chi connectivity index (χ1n) is 7.23. The number of hydrogen-bond donors (Lipinski definition) is 0. The van der Waals surface area contributed by atoms with Crippen molar-refractivity contribution in [3.63, 3.8) is 0 Å². The molecule has 23 heavy (non-hydrogen) atoms. The minimum Gasteiger partial charge on any atom is -0.482 e. The smallest absolute Gasteiger partial charge is 0.307 e. The molecule has 1 aromatic carbocycles. The van der Waals surface area contributed by atoms with Crippen LogP contribution in [0.5, 0.6) is 5.75 Å². The molecule has 2 heterocycles. The average Bonchev–Trinajstić information content (AvgIpc) is 2.97. The van der Waals surface area contributed by atoms with Crippen molar-refractivity contribution in [3.8, 4) is 5.75 Å². The van der Waals surface area contributed by atoms with E-state index < -0.39 is 5.97 Å². The Morgan fingerprint density at radius 3 is 3.00 bits per heavy atom. The van der Waals surface area contributed by atoms with Gasteiger partial charge in [-0.05, 0) is 19.1 Å². The van der Waals surface area contributed by atoms with Crippen molar-refractivity contribution in [3.05, 3.63) is 41.8 Å². The predicted octanol–water partition coefficient (Wildman–Crippen LogP) is 1.84. The van der Waals surface area contributed by atoms with E-state index in [-0.39, 0.29) is 32.1 Å². The third-order valence-corrected chi connectivity index (χ3v) is 3.41. The van der Waals surface area contributed by atoms with Crippen LogP contribution in [0.1, 0.15) is 17.9 Å². The highest BCUT2D eigenvalue weighted by atomic mass is 16.5. The van der Waals surface area contributed by atoms with E-state index in [2.05, 4.69) is 5.16 Å². The van der Waals surface area contributed by atoms with Gasteiger partial charge in [-0.3, -0.25) is 9.59 Å². The van der Waals surface area contributed by atoms with Crippen LogP contribution in [0.25, 0.3) is 0 Å². The number of hydrogen-bond acceptors (Lipinski definition) is 6. The van der Waals surface area contributed by atoms with Gasteiger partial charge in [-0.25, -0.2) is 0 Å². The van der Waals surface area contributed by atoms with E-state index in [1.165, 1.54) is 0 Å². The van der Waals surface area contributed by atoms with E-state index >= 15 is 0 Å². The summed E-state index contributed by atoms with van der Waals surface area (Å²) in [5.41, 5.74) is 1.23. The van der Waals surface area contributed by atoms with E-state index in [4.69, 9.17) is 14.0 Å². The second-order valence-corrected chi connectivity index (χ2v) is 5.14. The minimum absolute atomic E-state index is 0.0235. The monoisotopic (exact) mass is 316 g/mol. The van der Waals surface area contributed by atoms with Gasteiger partial charge in [0.1, 0.15) is 23.8 Å². The van der Waals surface area contributed by atoms with Gasteiger partial charge in [0, 0.05) is 12.6 Å². The maximum absolute atomic E-state index is 12.0. The summed E-state index contributed by atoms with van der Waals surface area (Å²) in [5.74, 6) is 0.719. The number of nitrogens with zero attached hydrogens (tertiary/aromatic N) is 2. The van der Waals surface area contributed by atoms with E-state index in [1.54, 1.807) is 30.0 Å². The van der Waals surface area contributed by atoms with Crippen molar-refractivity contribution in [2.24, 2.45) is 0 Å². The number of amides is 1. The van der Waals surface area contributed by atoms with Crippen LogP contribution in [0.2, 0.25) is 0 Å². The molecule has 120 valence electrons. The molecule has 2 aromatic rings. The van der Waals surface area contributed by atoms with Crippen LogP contribution in [0.15, 0.2) is 34.9 Å². The second kappa shape index (κ2) is 6.51. The highest BCUT2D eigenvalue weighted by molar-refractivity contribution is 5.98. The van der Waals surface area contributed by atoms with Crippen LogP contribution in [-0.4, -0.2) is 30.2 Å². The zero-order valence-electron chi connectivity index (χ0n) is 12.7. The standard InChI is InChI=1S/C16H16N2O5/c1-11-8-12(17-23-11)9-22-16(20)6-7-18-13-4-2-3-5-14(13)21-10-15(18)19/h2-5,8H,6-7,9-10H2,1H3. The van der Waals surface area contributed by atoms with Crippen LogP contribution in [0, 0.1) is 6.92 Å². The van der Waals surface area contributed by atoms with Gasteiger partial charge in [0.25, 0.3) is 5.91 Å². The molecule has 1 aliphatic heterocycles. The normalized spacial score (nSPS) is 13.4. The zero-order chi connectivity index (χ0) is 16.2. The quantitative estimate of drug-likeness (QED) is 0.783. The van der Waals surface area contributed by atoms with Crippen molar-refractivity contribution >= 4 is 17.6 Å². The molecular weight excluding hydrogens is 300 g/mol. The largest absolute Gasteiger partial charge is 0.482 e. The lowest BCUT2D eigenvalue weighted by molar-refractivity contribution is -0.144. The number of para-hydroxylation sites is 2. The van der Waals surface area contributed by atoms with Crippen LogP contribution in [0.4, 0.5) is 5.69 Å². The number of benzene rings is 1. The number of rotatable bonds is 5. The fourth-order valence-corrected chi connectivity index (χ4v) is 2.31. The Bertz CT molecular complexity index is 725. The summed E-state index contributed by atoms with van der Waals surface area (Å²) in [6.07, 6.45) is 0.0942. The molecule has 0 saturated heterocycles. The first kappa shape index (κ1) is 15.1. The maximum Gasteiger partial charge on any atom is 0.307 e. The Kier molecular flexibility index (Phi) is 4.27. The lowest BCUT2D eigenvalue weighted by atomic mass is 10.2. The van der Waals surface area contributed by atoms with E-state index in [0.29, 0.717) is 22.9 Å². The first-order chi connectivity index (χ1) is 11.1.